The van der Waals surface area contributed by atoms with Crippen LogP contribution >= 0.6 is 15.9 Å². The normalized spacial score (nSPS) is 12.6. The number of nitrogens with zero attached hydrogens (tertiary/aromatic N) is 1. The number of carbonyl (C=O) groups excluding carboxylic acids is 1. The SMILES string of the molecule is CC(C(=O)c1ccc(Br)cc1)N(C)Cc1ccco1. The van der Waals surface area contributed by atoms with Gasteiger partial charge in [0.1, 0.15) is 5.76 Å². The first-order valence-electron chi connectivity index (χ1n) is 6.10. The van der Waals surface area contributed by atoms with Crippen molar-refractivity contribution in [3.05, 3.63) is 58.5 Å². The van der Waals surface area contributed by atoms with Crippen LogP contribution in [-0.2, 0) is 6.54 Å². The van der Waals surface area contributed by atoms with E-state index in [1.165, 1.54) is 0 Å². The molecular formula is C15H16BrNO2. The summed E-state index contributed by atoms with van der Waals surface area (Å²) in [7, 11) is 1.92. The van der Waals surface area contributed by atoms with Crippen LogP contribution in [0.4, 0.5) is 0 Å². The molecule has 3 nitrogen and oxygen atoms in total. The first kappa shape index (κ1) is 14.0. The molecule has 0 fully saturated rings. The van der Waals surface area contributed by atoms with Crippen LogP contribution in [0.15, 0.2) is 51.6 Å². The summed E-state index contributed by atoms with van der Waals surface area (Å²) in [5, 5.41) is 0. The molecule has 1 heterocycles. The standard InChI is InChI=1S/C15H16BrNO2/c1-11(17(2)10-14-4-3-9-19-14)15(18)12-5-7-13(16)8-6-12/h3-9,11H,10H2,1-2H3. The quantitative estimate of drug-likeness (QED) is 0.786. The van der Waals surface area contributed by atoms with E-state index in [4.69, 9.17) is 4.42 Å². The minimum Gasteiger partial charge on any atom is -0.468 e. The van der Waals surface area contributed by atoms with Crippen molar-refractivity contribution < 1.29 is 9.21 Å². The Labute approximate surface area is 121 Å². The van der Waals surface area contributed by atoms with Crippen LogP contribution in [0.5, 0.6) is 0 Å². The lowest BCUT2D eigenvalue weighted by Crippen LogP contribution is -2.35. The molecule has 0 bridgehead atoms. The maximum atomic E-state index is 12.3. The predicted molar refractivity (Wildman–Crippen MR) is 78.1 cm³/mol. The Bertz CT molecular complexity index is 534. The van der Waals surface area contributed by atoms with Crippen LogP contribution in [0.25, 0.3) is 0 Å². The zero-order valence-corrected chi connectivity index (χ0v) is 12.6. The topological polar surface area (TPSA) is 33.5 Å². The fourth-order valence-corrected chi connectivity index (χ4v) is 2.11. The summed E-state index contributed by atoms with van der Waals surface area (Å²) in [6, 6.07) is 11.0. The zero-order valence-electron chi connectivity index (χ0n) is 11.0. The summed E-state index contributed by atoms with van der Waals surface area (Å²) < 4.78 is 6.27. The van der Waals surface area contributed by atoms with Crippen molar-refractivity contribution in [1.82, 2.24) is 4.90 Å². The van der Waals surface area contributed by atoms with Gasteiger partial charge in [-0.05, 0) is 38.2 Å². The van der Waals surface area contributed by atoms with Gasteiger partial charge in [0.05, 0.1) is 18.8 Å². The summed E-state index contributed by atoms with van der Waals surface area (Å²) in [5.74, 6) is 0.972. The minimum atomic E-state index is -0.189. The van der Waals surface area contributed by atoms with Crippen molar-refractivity contribution in [2.45, 2.75) is 19.5 Å². The van der Waals surface area contributed by atoms with Crippen LogP contribution in [0.1, 0.15) is 23.0 Å². The largest absolute Gasteiger partial charge is 0.468 e. The lowest BCUT2D eigenvalue weighted by Gasteiger charge is -2.22. The molecule has 0 aliphatic carbocycles. The Kier molecular flexibility index (Phi) is 4.56. The number of ketones is 1. The highest BCUT2D eigenvalue weighted by Crippen LogP contribution is 2.15. The van der Waals surface area contributed by atoms with Crippen molar-refractivity contribution in [2.75, 3.05) is 7.05 Å². The molecule has 0 aliphatic heterocycles. The lowest BCUT2D eigenvalue weighted by molar-refractivity contribution is 0.0855. The predicted octanol–water partition coefficient (Wildman–Crippen LogP) is 3.75. The third kappa shape index (κ3) is 3.55. The van der Waals surface area contributed by atoms with Crippen LogP contribution in [0.3, 0.4) is 0 Å². The molecule has 2 aromatic rings. The molecule has 19 heavy (non-hydrogen) atoms. The van der Waals surface area contributed by atoms with E-state index >= 15 is 0 Å². The minimum absolute atomic E-state index is 0.113. The second-order valence-electron chi connectivity index (χ2n) is 4.54. The molecule has 4 heteroatoms. The van der Waals surface area contributed by atoms with Crippen molar-refractivity contribution >= 4 is 21.7 Å². The molecule has 1 aromatic carbocycles. The van der Waals surface area contributed by atoms with Crippen LogP contribution < -0.4 is 0 Å². The number of benzene rings is 1. The van der Waals surface area contributed by atoms with Gasteiger partial charge in [-0.15, -0.1) is 0 Å². The Hall–Kier alpha value is -1.39. The Morgan fingerprint density at radius 2 is 2.00 bits per heavy atom. The van der Waals surface area contributed by atoms with E-state index in [1.807, 2.05) is 55.3 Å². The Balaban J connectivity index is 2.04. The first-order chi connectivity index (χ1) is 9.08. The average Bonchev–Trinajstić information content (AvgIpc) is 2.90. The fraction of sp³-hybridized carbons (Fsp3) is 0.267. The smallest absolute Gasteiger partial charge is 0.179 e. The molecule has 1 aromatic heterocycles. The van der Waals surface area contributed by atoms with E-state index in [2.05, 4.69) is 15.9 Å². The van der Waals surface area contributed by atoms with Crippen LogP contribution in [0, 0.1) is 0 Å². The van der Waals surface area contributed by atoms with Gasteiger partial charge in [0.2, 0.25) is 0 Å². The van der Waals surface area contributed by atoms with E-state index in [9.17, 15) is 4.79 Å². The van der Waals surface area contributed by atoms with E-state index in [0.717, 1.165) is 15.8 Å². The molecule has 2 rings (SSSR count). The van der Waals surface area contributed by atoms with Crippen molar-refractivity contribution in [1.29, 1.82) is 0 Å². The maximum Gasteiger partial charge on any atom is 0.179 e. The van der Waals surface area contributed by atoms with Gasteiger partial charge in [0.25, 0.3) is 0 Å². The molecule has 0 spiro atoms. The Morgan fingerprint density at radius 1 is 1.32 bits per heavy atom. The number of rotatable bonds is 5. The molecule has 0 saturated heterocycles. The second kappa shape index (κ2) is 6.17. The summed E-state index contributed by atoms with van der Waals surface area (Å²) in [5.41, 5.74) is 0.724. The molecule has 1 atom stereocenters. The molecule has 0 N–H and O–H groups in total. The van der Waals surface area contributed by atoms with Crippen molar-refractivity contribution in [3.8, 4) is 0 Å². The number of likely N-dealkylation sites (N-methyl/N-ethyl adjacent to an activating group) is 1. The van der Waals surface area contributed by atoms with E-state index in [1.54, 1.807) is 6.26 Å². The number of hydrogen-bond acceptors (Lipinski definition) is 3. The average molecular weight is 322 g/mol. The van der Waals surface area contributed by atoms with Gasteiger partial charge in [-0.3, -0.25) is 9.69 Å². The van der Waals surface area contributed by atoms with Crippen molar-refractivity contribution in [2.24, 2.45) is 0 Å². The molecule has 0 amide bonds. The molecule has 0 radical (unpaired) electrons. The van der Waals surface area contributed by atoms with Gasteiger partial charge < -0.3 is 4.42 Å². The fourth-order valence-electron chi connectivity index (χ4n) is 1.84. The number of carbonyl (C=O) groups is 1. The number of hydrogen-bond donors (Lipinski definition) is 0. The van der Waals surface area contributed by atoms with Gasteiger partial charge in [0, 0.05) is 10.0 Å². The van der Waals surface area contributed by atoms with Crippen LogP contribution in [0.2, 0.25) is 0 Å². The van der Waals surface area contributed by atoms with Gasteiger partial charge in [0.15, 0.2) is 5.78 Å². The highest BCUT2D eigenvalue weighted by Gasteiger charge is 2.20. The molecule has 0 saturated carbocycles. The van der Waals surface area contributed by atoms with Gasteiger partial charge in [-0.2, -0.15) is 0 Å². The summed E-state index contributed by atoms with van der Waals surface area (Å²) in [6.07, 6.45) is 1.64. The number of halogens is 1. The zero-order chi connectivity index (χ0) is 13.8. The van der Waals surface area contributed by atoms with E-state index < -0.39 is 0 Å². The lowest BCUT2D eigenvalue weighted by atomic mass is 10.0. The summed E-state index contributed by atoms with van der Waals surface area (Å²) in [6.45, 7) is 2.53. The molecular weight excluding hydrogens is 306 g/mol. The highest BCUT2D eigenvalue weighted by atomic mass is 79.9. The van der Waals surface area contributed by atoms with Gasteiger partial charge >= 0.3 is 0 Å². The third-order valence-electron chi connectivity index (χ3n) is 3.15. The molecule has 1 unspecified atom stereocenters. The van der Waals surface area contributed by atoms with E-state index in [0.29, 0.717) is 6.54 Å². The van der Waals surface area contributed by atoms with E-state index in [-0.39, 0.29) is 11.8 Å². The number of Topliss-reactive ketones (excluding diaryl/α,β-unsaturated/α-hetero) is 1. The van der Waals surface area contributed by atoms with Crippen LogP contribution in [-0.4, -0.2) is 23.8 Å². The number of furan rings is 1. The summed E-state index contributed by atoms with van der Waals surface area (Å²) >= 11 is 3.37. The molecule has 0 aliphatic rings. The Morgan fingerprint density at radius 3 is 2.58 bits per heavy atom. The third-order valence-corrected chi connectivity index (χ3v) is 3.68. The second-order valence-corrected chi connectivity index (χ2v) is 5.46. The summed E-state index contributed by atoms with van der Waals surface area (Å²) in [4.78, 5) is 14.3. The molecule has 100 valence electrons. The van der Waals surface area contributed by atoms with Gasteiger partial charge in [-0.25, -0.2) is 0 Å². The maximum absolute atomic E-state index is 12.3. The van der Waals surface area contributed by atoms with Gasteiger partial charge in [-0.1, -0.05) is 28.1 Å². The monoisotopic (exact) mass is 321 g/mol. The first-order valence-corrected chi connectivity index (χ1v) is 6.89. The highest BCUT2D eigenvalue weighted by molar-refractivity contribution is 9.10. The van der Waals surface area contributed by atoms with Crippen molar-refractivity contribution in [3.63, 3.8) is 0 Å².